The van der Waals surface area contributed by atoms with E-state index in [2.05, 4.69) is 186 Å². The normalized spacial score (nSPS) is 13.9. The van der Waals surface area contributed by atoms with Crippen LogP contribution in [0.25, 0.3) is 50.8 Å². The summed E-state index contributed by atoms with van der Waals surface area (Å²) in [7, 11) is -3.43. The van der Waals surface area contributed by atoms with Crippen LogP contribution in [0.5, 0.6) is 0 Å². The van der Waals surface area contributed by atoms with Crippen molar-refractivity contribution in [2.75, 3.05) is 9.80 Å². The largest absolute Gasteiger partial charge is 0.307 e. The van der Waals surface area contributed by atoms with Crippen LogP contribution >= 0.6 is 52.5 Å². The predicted molar refractivity (Wildman–Crippen MR) is 245 cm³/mol. The molecule has 0 saturated carbocycles. The third kappa shape index (κ3) is 4.70. The number of thiophene rings is 4. The van der Waals surface area contributed by atoms with Gasteiger partial charge in [-0.15, -0.1) is 45.3 Å². The highest BCUT2D eigenvalue weighted by Crippen LogP contribution is 2.67. The van der Waals surface area contributed by atoms with E-state index in [4.69, 9.17) is 0 Å². The molecule has 0 fully saturated rings. The molecule has 4 aromatic heterocycles. The zero-order valence-electron chi connectivity index (χ0n) is 29.6. The van der Waals surface area contributed by atoms with Gasteiger partial charge in [0.15, 0.2) is 7.14 Å². The Bertz CT molecular complexity index is 2980. The number of anilines is 6. The molecule has 0 saturated heterocycles. The van der Waals surface area contributed by atoms with Gasteiger partial charge < -0.3 is 14.4 Å². The number of fused-ring (bicyclic) bond motifs is 8. The summed E-state index contributed by atoms with van der Waals surface area (Å²) in [5.74, 6) is 0. The molecule has 0 unspecified atom stereocenters. The van der Waals surface area contributed by atoms with Gasteiger partial charge in [-0.1, -0.05) is 127 Å². The standard InChI is InChI=1S/C48H29N2OPS4/c51-52-44-36(49(34-22-12-4-13-23-34)42-45-40(55-47(42)52)28-38(53-45)31-18-8-2-9-19-31)26-33(30-16-6-1-7-17-30)27-37(44)50(35-24-14-5-15-25-35)43-46-41(56-48(43)52)29-39(54-46)32-20-10-3-11-21-32/h1-29H. The average molecular weight is 809 g/mol. The minimum atomic E-state index is -3.43. The SMILES string of the molecule is O=P12c3sc4cc(-c5ccccc5)sc4c3N(c3ccccc3)c3cc(-c4ccccc4)cc(c31)N(c1ccccc1)c1c2sc2cc(-c3ccccc3)sc12. The Morgan fingerprint density at radius 2 is 0.768 bits per heavy atom. The van der Waals surface area contributed by atoms with E-state index in [-0.39, 0.29) is 0 Å². The van der Waals surface area contributed by atoms with Gasteiger partial charge in [0.2, 0.25) is 0 Å². The fourth-order valence-corrected chi connectivity index (χ4v) is 18.7. The fraction of sp³-hybridized carbons (Fsp3) is 0. The summed E-state index contributed by atoms with van der Waals surface area (Å²) in [6, 6.07) is 62.4. The Balaban J connectivity index is 1.23. The van der Waals surface area contributed by atoms with Crippen molar-refractivity contribution in [3.05, 3.63) is 176 Å². The van der Waals surface area contributed by atoms with Crippen LogP contribution < -0.4 is 24.3 Å². The smallest absolute Gasteiger partial charge is 0.198 e. The van der Waals surface area contributed by atoms with Crippen LogP contribution in [0.1, 0.15) is 0 Å². The molecule has 10 aromatic rings. The van der Waals surface area contributed by atoms with E-state index in [1.165, 1.54) is 39.7 Å². The summed E-state index contributed by atoms with van der Waals surface area (Å²) >= 11 is 7.06. The third-order valence-corrected chi connectivity index (χ3v) is 20.0. The van der Waals surface area contributed by atoms with E-state index < -0.39 is 7.14 Å². The first-order valence-corrected chi connectivity index (χ1v) is 23.4. The van der Waals surface area contributed by atoms with Gasteiger partial charge in [-0.25, -0.2) is 0 Å². The molecule has 2 aliphatic rings. The Labute approximate surface area is 340 Å². The van der Waals surface area contributed by atoms with Gasteiger partial charge in [0, 0.05) is 30.5 Å². The van der Waals surface area contributed by atoms with Crippen LogP contribution in [0.15, 0.2) is 176 Å². The summed E-state index contributed by atoms with van der Waals surface area (Å²) in [4.78, 5) is 7.27. The highest BCUT2D eigenvalue weighted by Gasteiger charge is 2.52. The lowest BCUT2D eigenvalue weighted by Crippen LogP contribution is -2.41. The molecule has 0 spiro atoms. The lowest BCUT2D eigenvalue weighted by molar-refractivity contribution is 0.593. The van der Waals surface area contributed by atoms with Gasteiger partial charge in [0.1, 0.15) is 0 Å². The van der Waals surface area contributed by atoms with Crippen molar-refractivity contribution < 1.29 is 4.57 Å². The van der Waals surface area contributed by atoms with Gasteiger partial charge in [0.25, 0.3) is 0 Å². The van der Waals surface area contributed by atoms with Crippen LogP contribution in [-0.4, -0.2) is 0 Å². The second kappa shape index (κ2) is 12.5. The number of rotatable bonds is 5. The first-order valence-electron chi connectivity index (χ1n) is 18.4. The number of nitrogens with zero attached hydrogens (tertiary/aromatic N) is 2. The van der Waals surface area contributed by atoms with Crippen molar-refractivity contribution in [3.63, 3.8) is 0 Å². The Kier molecular flexibility index (Phi) is 7.29. The van der Waals surface area contributed by atoms with Crippen LogP contribution in [-0.2, 0) is 4.57 Å². The number of para-hydroxylation sites is 2. The fourth-order valence-electron chi connectivity index (χ4n) is 8.33. The van der Waals surface area contributed by atoms with Gasteiger partial charge in [0.05, 0.1) is 46.7 Å². The van der Waals surface area contributed by atoms with Crippen LogP contribution in [0.3, 0.4) is 0 Å². The number of hydrogen-bond donors (Lipinski definition) is 0. The molecule has 0 aliphatic carbocycles. The van der Waals surface area contributed by atoms with Gasteiger partial charge in [-0.05, 0) is 70.8 Å². The molecule has 2 aliphatic heterocycles. The van der Waals surface area contributed by atoms with Crippen molar-refractivity contribution in [3.8, 4) is 32.0 Å². The molecule has 6 aromatic carbocycles. The molecule has 0 atom stereocenters. The lowest BCUT2D eigenvalue weighted by Gasteiger charge is -2.42. The van der Waals surface area contributed by atoms with E-state index in [1.54, 1.807) is 45.3 Å². The topological polar surface area (TPSA) is 23.6 Å². The molecule has 8 heteroatoms. The minimum absolute atomic E-state index is 0.916. The molecule has 12 rings (SSSR count). The number of benzene rings is 6. The summed E-state index contributed by atoms with van der Waals surface area (Å²) < 4.78 is 23.8. The monoisotopic (exact) mass is 808 g/mol. The zero-order chi connectivity index (χ0) is 37.0. The Morgan fingerprint density at radius 3 is 1.18 bits per heavy atom. The summed E-state index contributed by atoms with van der Waals surface area (Å²) in [5.41, 5.74) is 10.8. The van der Waals surface area contributed by atoms with Crippen molar-refractivity contribution in [1.82, 2.24) is 0 Å². The van der Waals surface area contributed by atoms with Crippen molar-refractivity contribution in [2.24, 2.45) is 0 Å². The van der Waals surface area contributed by atoms with E-state index >= 15 is 4.57 Å². The predicted octanol–water partition coefficient (Wildman–Crippen LogP) is 14.4. The molecule has 0 radical (unpaired) electrons. The van der Waals surface area contributed by atoms with E-state index in [0.29, 0.717) is 0 Å². The zero-order valence-corrected chi connectivity index (χ0v) is 33.8. The van der Waals surface area contributed by atoms with E-state index in [9.17, 15) is 0 Å². The van der Waals surface area contributed by atoms with Crippen LogP contribution in [0.4, 0.5) is 34.1 Å². The molecule has 0 bridgehead atoms. The van der Waals surface area contributed by atoms with Crippen molar-refractivity contribution in [2.45, 2.75) is 0 Å². The average Bonchev–Trinajstić information content (AvgIpc) is 4.04. The molecule has 0 amide bonds. The quantitative estimate of drug-likeness (QED) is 0.162. The maximum absolute atomic E-state index is 17.2. The maximum Gasteiger partial charge on any atom is 0.198 e. The Hall–Kier alpha value is -5.53. The molecule has 6 heterocycles. The Morgan fingerprint density at radius 1 is 0.393 bits per heavy atom. The summed E-state index contributed by atoms with van der Waals surface area (Å²) in [6.45, 7) is 0. The highest BCUT2D eigenvalue weighted by molar-refractivity contribution is 7.94. The van der Waals surface area contributed by atoms with Gasteiger partial charge >= 0.3 is 0 Å². The molecule has 3 nitrogen and oxygen atoms in total. The van der Waals surface area contributed by atoms with Crippen LogP contribution in [0, 0.1) is 0 Å². The second-order valence-corrected chi connectivity index (χ2v) is 21.4. The van der Waals surface area contributed by atoms with Crippen molar-refractivity contribution in [1.29, 1.82) is 0 Å². The second-order valence-electron chi connectivity index (χ2n) is 14.0. The maximum atomic E-state index is 17.2. The van der Waals surface area contributed by atoms with E-state index in [1.807, 2.05) is 0 Å². The van der Waals surface area contributed by atoms with E-state index in [0.717, 1.165) is 59.8 Å². The molecular formula is C48H29N2OPS4. The lowest BCUT2D eigenvalue weighted by atomic mass is 10.0. The van der Waals surface area contributed by atoms with Crippen LogP contribution in [0.2, 0.25) is 0 Å². The summed E-state index contributed by atoms with van der Waals surface area (Å²) in [5, 5.41) is 0.916. The van der Waals surface area contributed by atoms with Gasteiger partial charge in [-0.3, -0.25) is 0 Å². The molecule has 266 valence electrons. The van der Waals surface area contributed by atoms with Crippen molar-refractivity contribution >= 4 is 120 Å². The highest BCUT2D eigenvalue weighted by atomic mass is 32.1. The molecule has 56 heavy (non-hydrogen) atoms. The first-order chi connectivity index (χ1) is 27.6. The molecular weight excluding hydrogens is 780 g/mol. The third-order valence-electron chi connectivity index (χ3n) is 10.8. The number of hydrogen-bond acceptors (Lipinski definition) is 7. The molecule has 0 N–H and O–H groups in total. The first kappa shape index (κ1) is 32.7. The minimum Gasteiger partial charge on any atom is -0.307 e. The summed E-state index contributed by atoms with van der Waals surface area (Å²) in [6.07, 6.45) is 0. The van der Waals surface area contributed by atoms with Gasteiger partial charge in [-0.2, -0.15) is 0 Å².